The quantitative estimate of drug-likeness (QED) is 0.546. The van der Waals surface area contributed by atoms with Crippen LogP contribution in [0.2, 0.25) is 0 Å². The fourth-order valence-corrected chi connectivity index (χ4v) is 2.12. The highest BCUT2D eigenvalue weighted by atomic mass is 19.1. The highest BCUT2D eigenvalue weighted by Crippen LogP contribution is 2.17. The molecule has 7 nitrogen and oxygen atoms in total. The molecule has 0 spiro atoms. The number of Topliss-reactive ketones (excluding diaryl/α,β-unsaturated/α-hetero) is 2. The highest BCUT2D eigenvalue weighted by Gasteiger charge is 2.22. The van der Waals surface area contributed by atoms with E-state index in [-0.39, 0.29) is 18.1 Å². The topological polar surface area (TPSA) is 102 Å². The summed E-state index contributed by atoms with van der Waals surface area (Å²) in [6.45, 7) is 0. The van der Waals surface area contributed by atoms with Gasteiger partial charge in [-0.05, 0) is 28.5 Å². The summed E-state index contributed by atoms with van der Waals surface area (Å²) in [6.07, 6.45) is 3.27. The third-order valence-electron chi connectivity index (χ3n) is 3.29. The third-order valence-corrected chi connectivity index (χ3v) is 3.29. The van der Waals surface area contributed by atoms with Gasteiger partial charge in [0, 0.05) is 18.4 Å². The SMILES string of the molecule is O=C(Cc1cocc1Cc1ccc(F)cc1)C(=O)c1nn[nH]n1. The zero-order valence-corrected chi connectivity index (χ0v) is 11.8. The molecule has 0 saturated heterocycles. The molecule has 116 valence electrons. The van der Waals surface area contributed by atoms with Crippen molar-refractivity contribution in [3.63, 3.8) is 0 Å². The summed E-state index contributed by atoms with van der Waals surface area (Å²) in [5.41, 5.74) is 2.22. The van der Waals surface area contributed by atoms with Crippen molar-refractivity contribution in [2.75, 3.05) is 0 Å². The van der Waals surface area contributed by atoms with Crippen molar-refractivity contribution in [3.05, 3.63) is 65.1 Å². The number of halogens is 1. The van der Waals surface area contributed by atoms with Gasteiger partial charge < -0.3 is 4.42 Å². The predicted molar refractivity (Wildman–Crippen MR) is 75.1 cm³/mol. The number of carbonyl (C=O) groups excluding carboxylic acids is 2. The molecule has 0 fully saturated rings. The average Bonchev–Trinajstić information content (AvgIpc) is 3.21. The van der Waals surface area contributed by atoms with Crippen LogP contribution in [-0.4, -0.2) is 32.2 Å². The summed E-state index contributed by atoms with van der Waals surface area (Å²) < 4.78 is 18.0. The zero-order valence-electron chi connectivity index (χ0n) is 11.8. The number of aromatic nitrogens is 4. The first-order valence-electron chi connectivity index (χ1n) is 6.73. The largest absolute Gasteiger partial charge is 0.472 e. The smallest absolute Gasteiger partial charge is 0.269 e. The Labute approximate surface area is 129 Å². The van der Waals surface area contributed by atoms with Crippen LogP contribution in [0.4, 0.5) is 4.39 Å². The Morgan fingerprint density at radius 1 is 1.13 bits per heavy atom. The molecule has 1 N–H and O–H groups in total. The summed E-state index contributed by atoms with van der Waals surface area (Å²) in [4.78, 5) is 23.8. The summed E-state index contributed by atoms with van der Waals surface area (Å²) in [5.74, 6) is -2.05. The van der Waals surface area contributed by atoms with E-state index in [2.05, 4.69) is 20.6 Å². The lowest BCUT2D eigenvalue weighted by Crippen LogP contribution is -2.18. The number of H-pyrrole nitrogens is 1. The Hall–Kier alpha value is -3.16. The molecule has 0 atom stereocenters. The number of nitrogens with one attached hydrogen (secondary N) is 1. The minimum Gasteiger partial charge on any atom is -0.472 e. The van der Waals surface area contributed by atoms with E-state index in [1.807, 2.05) is 0 Å². The molecule has 0 aliphatic carbocycles. The van der Waals surface area contributed by atoms with Crippen LogP contribution >= 0.6 is 0 Å². The van der Waals surface area contributed by atoms with Gasteiger partial charge in [-0.2, -0.15) is 5.21 Å². The van der Waals surface area contributed by atoms with Gasteiger partial charge in [0.15, 0.2) is 0 Å². The number of hydrogen-bond donors (Lipinski definition) is 1. The van der Waals surface area contributed by atoms with Crippen molar-refractivity contribution in [2.45, 2.75) is 12.8 Å². The Morgan fingerprint density at radius 2 is 1.87 bits per heavy atom. The number of carbonyl (C=O) groups is 2. The summed E-state index contributed by atoms with van der Waals surface area (Å²) in [5, 5.41) is 12.3. The average molecular weight is 314 g/mol. The first kappa shape index (κ1) is 14.8. The van der Waals surface area contributed by atoms with Gasteiger partial charge in [-0.1, -0.05) is 12.1 Å². The predicted octanol–water partition coefficient (Wildman–Crippen LogP) is 1.52. The maximum atomic E-state index is 12.9. The zero-order chi connectivity index (χ0) is 16.2. The number of nitrogens with zero attached hydrogens (tertiary/aromatic N) is 3. The van der Waals surface area contributed by atoms with Crippen molar-refractivity contribution in [1.82, 2.24) is 20.6 Å². The van der Waals surface area contributed by atoms with Gasteiger partial charge in [0.2, 0.25) is 11.6 Å². The van der Waals surface area contributed by atoms with Gasteiger partial charge in [0.25, 0.3) is 5.78 Å². The van der Waals surface area contributed by atoms with E-state index in [9.17, 15) is 14.0 Å². The second-order valence-corrected chi connectivity index (χ2v) is 4.89. The van der Waals surface area contributed by atoms with Crippen LogP contribution < -0.4 is 0 Å². The lowest BCUT2D eigenvalue weighted by Gasteiger charge is -2.02. The fraction of sp³-hybridized carbons (Fsp3) is 0.133. The van der Waals surface area contributed by atoms with Crippen LogP contribution in [-0.2, 0) is 17.6 Å². The van der Waals surface area contributed by atoms with Gasteiger partial charge in [-0.3, -0.25) is 9.59 Å². The second kappa shape index (κ2) is 6.30. The van der Waals surface area contributed by atoms with E-state index in [1.54, 1.807) is 12.1 Å². The van der Waals surface area contributed by atoms with E-state index in [1.165, 1.54) is 24.7 Å². The molecule has 3 rings (SSSR count). The number of hydrogen-bond acceptors (Lipinski definition) is 6. The van der Waals surface area contributed by atoms with Crippen LogP contribution in [0.25, 0.3) is 0 Å². The molecule has 8 heteroatoms. The molecule has 0 radical (unpaired) electrons. The molecule has 0 aliphatic rings. The van der Waals surface area contributed by atoms with Gasteiger partial charge in [0.1, 0.15) is 5.82 Å². The fourth-order valence-electron chi connectivity index (χ4n) is 2.12. The first-order valence-corrected chi connectivity index (χ1v) is 6.73. The van der Waals surface area contributed by atoms with E-state index < -0.39 is 11.6 Å². The van der Waals surface area contributed by atoms with Crippen molar-refractivity contribution in [2.24, 2.45) is 0 Å². The van der Waals surface area contributed by atoms with Crippen molar-refractivity contribution < 1.29 is 18.4 Å². The number of ketones is 2. The number of rotatable bonds is 6. The summed E-state index contributed by atoms with van der Waals surface area (Å²) in [6, 6.07) is 6.02. The molecule has 23 heavy (non-hydrogen) atoms. The van der Waals surface area contributed by atoms with Gasteiger partial charge >= 0.3 is 0 Å². The van der Waals surface area contributed by atoms with Crippen molar-refractivity contribution >= 4 is 11.6 Å². The molecule has 0 aliphatic heterocycles. The minimum atomic E-state index is -0.812. The standard InChI is InChI=1S/C15H11FN4O3/c16-12-3-1-9(2-4-12)5-10-7-23-8-11(10)6-13(21)14(22)15-17-19-20-18-15/h1-4,7-8H,5-6H2,(H,17,18,19,20). The molecule has 1 aromatic carbocycles. The first-order chi connectivity index (χ1) is 11.1. The normalized spacial score (nSPS) is 10.7. The van der Waals surface area contributed by atoms with Crippen LogP contribution in [0.15, 0.2) is 41.2 Å². The van der Waals surface area contributed by atoms with Crippen LogP contribution in [0.5, 0.6) is 0 Å². The van der Waals surface area contributed by atoms with Crippen LogP contribution in [0.3, 0.4) is 0 Å². The molecule has 0 amide bonds. The van der Waals surface area contributed by atoms with Gasteiger partial charge in [-0.25, -0.2) is 4.39 Å². The number of furan rings is 1. The number of aromatic amines is 1. The van der Waals surface area contributed by atoms with Crippen LogP contribution in [0.1, 0.15) is 27.3 Å². The van der Waals surface area contributed by atoms with Crippen molar-refractivity contribution in [1.29, 1.82) is 0 Å². The number of benzene rings is 1. The van der Waals surface area contributed by atoms with E-state index in [0.29, 0.717) is 12.0 Å². The second-order valence-electron chi connectivity index (χ2n) is 4.89. The third kappa shape index (κ3) is 3.37. The molecule has 0 bridgehead atoms. The number of tetrazole rings is 1. The van der Waals surface area contributed by atoms with Gasteiger partial charge in [0.05, 0.1) is 12.5 Å². The van der Waals surface area contributed by atoms with E-state index in [0.717, 1.165) is 11.1 Å². The molecule has 2 aromatic heterocycles. The Morgan fingerprint density at radius 3 is 2.57 bits per heavy atom. The molecular weight excluding hydrogens is 303 g/mol. The maximum Gasteiger partial charge on any atom is 0.269 e. The highest BCUT2D eigenvalue weighted by molar-refractivity contribution is 6.43. The van der Waals surface area contributed by atoms with Crippen LogP contribution in [0, 0.1) is 5.82 Å². The maximum absolute atomic E-state index is 12.9. The molecule has 0 saturated carbocycles. The lowest BCUT2D eigenvalue weighted by atomic mass is 10.00. The summed E-state index contributed by atoms with van der Waals surface area (Å²) >= 11 is 0. The minimum absolute atomic E-state index is 0.125. The Kier molecular flexibility index (Phi) is 4.05. The van der Waals surface area contributed by atoms with Crippen molar-refractivity contribution in [3.8, 4) is 0 Å². The Balaban J connectivity index is 1.72. The Bertz CT molecular complexity index is 825. The van der Waals surface area contributed by atoms with Gasteiger partial charge in [-0.15, -0.1) is 10.2 Å². The molecule has 3 aromatic rings. The summed E-state index contributed by atoms with van der Waals surface area (Å²) in [7, 11) is 0. The van der Waals surface area contributed by atoms with E-state index in [4.69, 9.17) is 4.42 Å². The molecular formula is C15H11FN4O3. The lowest BCUT2D eigenvalue weighted by molar-refractivity contribution is -0.114. The van der Waals surface area contributed by atoms with E-state index >= 15 is 0 Å². The molecule has 0 unspecified atom stereocenters. The monoisotopic (exact) mass is 314 g/mol. The molecule has 2 heterocycles.